The number of aliphatic hydroxyl groups is 15. The molecule has 0 bridgehead atoms. The van der Waals surface area contributed by atoms with Gasteiger partial charge in [0, 0.05) is 20.8 Å². The minimum absolute atomic E-state index is 0.847. The largest absolute Gasteiger partial charge is 0.397 e. The third kappa shape index (κ3) is 15.1. The molecule has 0 aliphatic carbocycles. The van der Waals surface area contributed by atoms with E-state index in [0.29, 0.717) is 0 Å². The maximum Gasteiger partial charge on any atom is 0.397 e. The summed E-state index contributed by atoms with van der Waals surface area (Å²) in [7, 11) is -5.39. The van der Waals surface area contributed by atoms with Gasteiger partial charge >= 0.3 is 10.4 Å². The molecule has 0 saturated carbocycles. The SMILES string of the molecule is CC(=O)N[C@@H]1[C@@H](O[C@@H]2O[C@H](CO)[C@@H](O[C@@H]3O[C@H](CO)[C@H](O)[C@H](OS(=O)(=O)O)[C@H]3O)[C@H](O)[C@H]2NC(C)=O)[C@@H](O)[C@@H](CO[C@@H]2O[C@H](CO)[C@@H](O[C@@H]3O[C@H](CO)[C@H](O)[C@H](O)[C@H]3O)[C@H](O[C@@H]3O[C@@H](C)[C@@H](O)[C@@H](O)[C@@H]3O)[C@H]2NC(C)=O)O[C@@H]1O. The Labute approximate surface area is 448 Å². The van der Waals surface area contributed by atoms with Crippen LogP contribution in [-0.4, -0.2) is 324 Å². The van der Waals surface area contributed by atoms with E-state index in [9.17, 15) is 104 Å². The lowest BCUT2D eigenvalue weighted by Gasteiger charge is -2.51. The van der Waals surface area contributed by atoms with Crippen molar-refractivity contribution < 1.29 is 160 Å². The number of hydrogen-bond donors (Lipinski definition) is 19. The molecule has 0 spiro atoms. The van der Waals surface area contributed by atoms with Gasteiger partial charge in [-0.1, -0.05) is 0 Å². The predicted molar refractivity (Wildman–Crippen MR) is 243 cm³/mol. The lowest BCUT2D eigenvalue weighted by Crippen LogP contribution is -2.71. The van der Waals surface area contributed by atoms with Gasteiger partial charge in [-0.15, -0.1) is 0 Å². The van der Waals surface area contributed by atoms with Crippen LogP contribution in [-0.2, 0) is 81.1 Å². The van der Waals surface area contributed by atoms with Crippen LogP contribution in [0.2, 0.25) is 0 Å². The van der Waals surface area contributed by atoms with Crippen LogP contribution in [0.5, 0.6) is 0 Å². The number of carbonyl (C=O) groups is 3. The van der Waals surface area contributed by atoms with E-state index >= 15 is 0 Å². The van der Waals surface area contributed by atoms with Crippen LogP contribution in [0.3, 0.4) is 0 Å². The second-order valence-corrected chi connectivity index (χ2v) is 20.5. The van der Waals surface area contributed by atoms with Crippen LogP contribution in [0.25, 0.3) is 0 Å². The molecule has 37 heteroatoms. The van der Waals surface area contributed by atoms with E-state index in [0.717, 1.165) is 20.8 Å². The summed E-state index contributed by atoms with van der Waals surface area (Å²) < 4.78 is 101. The zero-order valence-electron chi connectivity index (χ0n) is 42.4. The lowest BCUT2D eigenvalue weighted by atomic mass is 9.93. The third-order valence-corrected chi connectivity index (χ3v) is 14.2. The molecule has 30 atom stereocenters. The minimum atomic E-state index is -5.39. The van der Waals surface area contributed by atoms with Crippen LogP contribution in [0.15, 0.2) is 0 Å². The van der Waals surface area contributed by atoms with Crippen LogP contribution in [0.4, 0.5) is 0 Å². The molecule has 19 N–H and O–H groups in total. The van der Waals surface area contributed by atoms with E-state index < -0.39 is 245 Å². The Bertz CT molecular complexity index is 2110. The molecule has 6 fully saturated rings. The van der Waals surface area contributed by atoms with Crippen LogP contribution in [0.1, 0.15) is 27.7 Å². The number of hydrogen-bond acceptors (Lipinski definition) is 32. The number of nitrogens with one attached hydrogen (secondary N) is 3. The van der Waals surface area contributed by atoms with E-state index in [1.165, 1.54) is 6.92 Å². The summed E-state index contributed by atoms with van der Waals surface area (Å²) in [6.07, 6.45) is -51.8. The smallest absolute Gasteiger partial charge is 0.394 e. The van der Waals surface area contributed by atoms with E-state index in [1.807, 2.05) is 0 Å². The number of aliphatic hydroxyl groups excluding tert-OH is 15. The van der Waals surface area contributed by atoms with Crippen LogP contribution < -0.4 is 16.0 Å². The number of amides is 3. The summed E-state index contributed by atoms with van der Waals surface area (Å²) >= 11 is 0. The highest BCUT2D eigenvalue weighted by atomic mass is 32.3. The fourth-order valence-corrected chi connectivity index (χ4v) is 10.3. The van der Waals surface area contributed by atoms with Gasteiger partial charge in [-0.3, -0.25) is 18.9 Å². The van der Waals surface area contributed by atoms with Crippen LogP contribution in [0, 0.1) is 0 Å². The molecule has 458 valence electrons. The monoisotopic (exact) mass is 1180 g/mol. The maximum atomic E-state index is 12.9. The predicted octanol–water partition coefficient (Wildman–Crippen LogP) is -12.8. The minimum Gasteiger partial charge on any atom is -0.394 e. The van der Waals surface area contributed by atoms with Gasteiger partial charge in [0.05, 0.1) is 39.1 Å². The van der Waals surface area contributed by atoms with Crippen molar-refractivity contribution in [2.75, 3.05) is 33.0 Å². The standard InChI is InChI=1S/C42H71N3O33S/c1-10-22(53)27(58)29(60)40(68-10)77-35-21(45-13(4)52)38(72-17(8-49)33(35)75-41-30(61)28(59)23(54)14(5-46)70-41)67-9-18-25(56)34(20(37(63)69-18)44-12(3)51)76-39-19(43-11(2)50)26(57)32(16(7-48)73-39)74-42-31(62)36(78-79(64,65)66)24(55)15(6-47)71-42/h10,14-42,46-49,53-63H,5-9H2,1-4H3,(H,43,50)(H,44,51)(H,45,52)(H,64,65,66)/t10-,14+,15+,16+,17+,18+,19+,20+,21+,22+,23-,24-,25-,26+,27+,28-,29-,30+,31+,32+,33+,34+,35+,36-,37-,38+,39-,40-,41-,42-/m0/s1. The number of ether oxygens (including phenoxy) is 11. The fraction of sp³-hybridized carbons (Fsp3) is 0.929. The zero-order valence-corrected chi connectivity index (χ0v) is 43.2. The summed E-state index contributed by atoms with van der Waals surface area (Å²) in [5.74, 6) is -2.59. The Kier molecular flexibility index (Phi) is 23.0. The van der Waals surface area contributed by atoms with Crippen molar-refractivity contribution in [3.05, 3.63) is 0 Å². The van der Waals surface area contributed by atoms with E-state index in [-0.39, 0.29) is 0 Å². The Hall–Kier alpha value is -2.76. The first kappa shape index (κ1) is 65.4. The second kappa shape index (κ2) is 27.8. The number of carbonyl (C=O) groups excluding carboxylic acids is 3. The van der Waals surface area contributed by atoms with Crippen molar-refractivity contribution in [2.45, 2.75) is 212 Å². The summed E-state index contributed by atoms with van der Waals surface area (Å²) in [6.45, 7) is -0.739. The van der Waals surface area contributed by atoms with E-state index in [1.54, 1.807) is 0 Å². The van der Waals surface area contributed by atoms with Gasteiger partial charge in [-0.2, -0.15) is 8.42 Å². The van der Waals surface area contributed by atoms with Gasteiger partial charge in [-0.25, -0.2) is 4.18 Å². The highest BCUT2D eigenvalue weighted by Gasteiger charge is 2.58. The Morgan fingerprint density at radius 3 is 1.41 bits per heavy atom. The molecule has 6 aliphatic heterocycles. The molecule has 0 aromatic carbocycles. The molecule has 36 nitrogen and oxygen atoms in total. The topological polar surface area (TPSA) is 556 Å². The highest BCUT2D eigenvalue weighted by molar-refractivity contribution is 7.80. The third-order valence-electron chi connectivity index (χ3n) is 13.8. The first-order chi connectivity index (χ1) is 37.0. The molecule has 6 heterocycles. The summed E-state index contributed by atoms with van der Waals surface area (Å²) in [6, 6.07) is -5.32. The van der Waals surface area contributed by atoms with Crippen LogP contribution >= 0.6 is 0 Å². The molecule has 6 rings (SSSR count). The lowest BCUT2D eigenvalue weighted by molar-refractivity contribution is -0.376. The van der Waals surface area contributed by atoms with Gasteiger partial charge in [0.25, 0.3) is 0 Å². The van der Waals surface area contributed by atoms with Gasteiger partial charge < -0.3 is 145 Å². The Balaban J connectivity index is 1.28. The molecule has 0 unspecified atom stereocenters. The Morgan fingerprint density at radius 2 is 0.848 bits per heavy atom. The van der Waals surface area contributed by atoms with E-state index in [4.69, 9.17) is 52.1 Å². The molecule has 3 amide bonds. The zero-order chi connectivity index (χ0) is 58.7. The quantitative estimate of drug-likeness (QED) is 0.0503. The summed E-state index contributed by atoms with van der Waals surface area (Å²) in [5, 5.41) is 169. The second-order valence-electron chi connectivity index (χ2n) is 19.5. The van der Waals surface area contributed by atoms with Crippen molar-refractivity contribution in [3.63, 3.8) is 0 Å². The van der Waals surface area contributed by atoms with Crippen molar-refractivity contribution in [1.82, 2.24) is 16.0 Å². The molecular weight excluding hydrogens is 1110 g/mol. The summed E-state index contributed by atoms with van der Waals surface area (Å²) in [4.78, 5) is 38.1. The van der Waals surface area contributed by atoms with Gasteiger partial charge in [0.2, 0.25) is 17.7 Å². The molecule has 0 aromatic heterocycles. The molecule has 79 heavy (non-hydrogen) atoms. The molecule has 0 radical (unpaired) electrons. The highest BCUT2D eigenvalue weighted by Crippen LogP contribution is 2.37. The first-order valence-corrected chi connectivity index (χ1v) is 26.0. The number of rotatable bonds is 20. The molecule has 0 aromatic rings. The first-order valence-electron chi connectivity index (χ1n) is 24.6. The van der Waals surface area contributed by atoms with Crippen molar-refractivity contribution in [1.29, 1.82) is 0 Å². The van der Waals surface area contributed by atoms with Gasteiger partial charge in [0.15, 0.2) is 37.7 Å². The van der Waals surface area contributed by atoms with Gasteiger partial charge in [-0.05, 0) is 6.92 Å². The molecule has 6 aliphatic rings. The molecular formula is C42H71N3O33S. The van der Waals surface area contributed by atoms with Crippen molar-refractivity contribution >= 4 is 28.1 Å². The fourth-order valence-electron chi connectivity index (χ4n) is 9.80. The normalized spacial score (nSPS) is 47.0. The average Bonchev–Trinajstić information content (AvgIpc) is 3.42. The van der Waals surface area contributed by atoms with E-state index in [2.05, 4.69) is 20.1 Å². The average molecular weight is 1180 g/mol. The van der Waals surface area contributed by atoms with Gasteiger partial charge in [0.1, 0.15) is 140 Å². The molecule has 6 saturated heterocycles. The van der Waals surface area contributed by atoms with Crippen molar-refractivity contribution in [2.24, 2.45) is 0 Å². The summed E-state index contributed by atoms with van der Waals surface area (Å²) in [5.41, 5.74) is 0. The maximum absolute atomic E-state index is 12.9. The van der Waals surface area contributed by atoms with Crippen molar-refractivity contribution in [3.8, 4) is 0 Å². The Morgan fingerprint density at radius 1 is 0.418 bits per heavy atom.